The third kappa shape index (κ3) is 16.0. The molecular formula is C44H64N6S2+4. The van der Waals surface area contributed by atoms with E-state index in [1.807, 2.05) is 21.6 Å². The molecule has 2 aromatic carbocycles. The van der Waals surface area contributed by atoms with E-state index >= 15 is 0 Å². The summed E-state index contributed by atoms with van der Waals surface area (Å²) < 4.78 is 6.57. The third-order valence-corrected chi connectivity index (χ3v) is 11.4. The summed E-state index contributed by atoms with van der Waals surface area (Å²) in [7, 11) is 21.8. The van der Waals surface area contributed by atoms with Gasteiger partial charge in [0.2, 0.25) is 0 Å². The lowest BCUT2D eigenvalue weighted by atomic mass is 10.1. The second kappa shape index (κ2) is 20.6. The molecule has 0 aliphatic carbocycles. The van der Waals surface area contributed by atoms with Crippen LogP contribution in [0, 0.1) is 0 Å². The molecule has 2 aromatic heterocycles. The Hall–Kier alpha value is -3.56. The second-order valence-electron chi connectivity index (χ2n) is 15.8. The number of quaternary nitrogens is 2. The quantitative estimate of drug-likeness (QED) is 0.0376. The van der Waals surface area contributed by atoms with Crippen molar-refractivity contribution in [2.75, 3.05) is 104 Å². The minimum Gasteiger partial charge on any atom is -0.374 e. The van der Waals surface area contributed by atoms with Gasteiger partial charge < -0.3 is 18.8 Å². The van der Waals surface area contributed by atoms with Gasteiger partial charge in [0.15, 0.2) is 37.9 Å². The van der Waals surface area contributed by atoms with Crippen molar-refractivity contribution in [3.05, 3.63) is 120 Å². The van der Waals surface area contributed by atoms with Gasteiger partial charge in [0.1, 0.15) is 0 Å². The monoisotopic (exact) mass is 740 g/mol. The Balaban J connectivity index is 1.09. The molecule has 6 nitrogen and oxygen atoms in total. The zero-order chi connectivity index (χ0) is 37.4. The molecule has 0 unspecified atom stereocenters. The van der Waals surface area contributed by atoms with Crippen LogP contribution < -0.4 is 18.9 Å². The molecule has 0 saturated carbocycles. The minimum absolute atomic E-state index is 1.01. The number of rotatable bonds is 21. The van der Waals surface area contributed by atoms with Gasteiger partial charge in [-0.3, -0.25) is 0 Å². The maximum atomic E-state index is 2.35. The fraction of sp³-hybridized carbons (Fsp3) is 0.409. The standard InChI is InChI=1S/C44H64N6S2/c1-45(27-9-35-49(3,4)5)43-19-15-39(16-20-43)11-13-41-23-29-47(30-24-41)33-37-51-52-38-34-48-31-25-42(26-32-48)14-12-40-17-21-44(22-18-40)46(2)28-10-36-50(6,7)8/h11-26,29-32H,9-10,27-28,33-38H2,1-8H3/q+4. The number of anilines is 2. The van der Waals surface area contributed by atoms with Gasteiger partial charge in [0.05, 0.1) is 66.9 Å². The van der Waals surface area contributed by atoms with Crippen molar-refractivity contribution in [3.63, 3.8) is 0 Å². The molecule has 0 spiro atoms. The summed E-state index contributed by atoms with van der Waals surface area (Å²) in [5, 5.41) is 0. The highest BCUT2D eigenvalue weighted by molar-refractivity contribution is 8.76. The highest BCUT2D eigenvalue weighted by Gasteiger charge is 2.10. The van der Waals surface area contributed by atoms with E-state index in [-0.39, 0.29) is 0 Å². The molecule has 2 heterocycles. The van der Waals surface area contributed by atoms with E-state index in [4.69, 9.17) is 0 Å². The topological polar surface area (TPSA) is 14.2 Å². The first-order chi connectivity index (χ1) is 24.8. The van der Waals surface area contributed by atoms with E-state index in [0.717, 1.165) is 46.7 Å². The number of hydrogen-bond acceptors (Lipinski definition) is 4. The van der Waals surface area contributed by atoms with Crippen molar-refractivity contribution < 1.29 is 18.1 Å². The lowest BCUT2D eigenvalue weighted by molar-refractivity contribution is -0.870. The fourth-order valence-electron chi connectivity index (χ4n) is 5.75. The largest absolute Gasteiger partial charge is 0.374 e. The molecule has 0 aliphatic rings. The van der Waals surface area contributed by atoms with Crippen molar-refractivity contribution in [2.24, 2.45) is 0 Å². The van der Waals surface area contributed by atoms with Gasteiger partial charge >= 0.3 is 0 Å². The van der Waals surface area contributed by atoms with Gasteiger partial charge in [-0.2, -0.15) is 0 Å². The van der Waals surface area contributed by atoms with Gasteiger partial charge in [-0.05, 0) is 46.5 Å². The smallest absolute Gasteiger partial charge is 0.169 e. The molecule has 0 amide bonds. The molecule has 52 heavy (non-hydrogen) atoms. The Kier molecular flexibility index (Phi) is 16.3. The Morgan fingerprint density at radius 2 is 0.788 bits per heavy atom. The normalized spacial score (nSPS) is 12.2. The summed E-state index contributed by atoms with van der Waals surface area (Å²) in [6, 6.07) is 26.5. The van der Waals surface area contributed by atoms with Gasteiger partial charge in [-0.25, -0.2) is 9.13 Å². The number of nitrogens with zero attached hydrogens (tertiary/aromatic N) is 6. The molecule has 0 atom stereocenters. The van der Waals surface area contributed by atoms with Crippen LogP contribution in [-0.2, 0) is 13.1 Å². The summed E-state index contributed by atoms with van der Waals surface area (Å²) in [5.74, 6) is 2.17. The van der Waals surface area contributed by atoms with E-state index in [2.05, 4.69) is 197 Å². The molecule has 0 radical (unpaired) electrons. The number of aryl methyl sites for hydroxylation is 2. The first-order valence-corrected chi connectivity index (χ1v) is 21.1. The summed E-state index contributed by atoms with van der Waals surface area (Å²) in [6.45, 7) is 6.53. The zero-order valence-electron chi connectivity index (χ0n) is 33.1. The summed E-state index contributed by atoms with van der Waals surface area (Å²) >= 11 is 0. The second-order valence-corrected chi connectivity index (χ2v) is 18.5. The maximum Gasteiger partial charge on any atom is 0.169 e. The van der Waals surface area contributed by atoms with E-state index in [0.29, 0.717) is 0 Å². The number of hydrogen-bond donors (Lipinski definition) is 0. The number of pyridine rings is 2. The Labute approximate surface area is 323 Å². The Bertz CT molecular complexity index is 1530. The van der Waals surface area contributed by atoms with Crippen molar-refractivity contribution in [1.82, 2.24) is 0 Å². The van der Waals surface area contributed by atoms with E-state index < -0.39 is 0 Å². The van der Waals surface area contributed by atoms with Gasteiger partial charge in [-0.1, -0.05) is 70.2 Å². The van der Waals surface area contributed by atoms with Crippen LogP contribution in [0.5, 0.6) is 0 Å². The molecule has 8 heteroatoms. The van der Waals surface area contributed by atoms with Crippen LogP contribution in [-0.4, -0.2) is 103 Å². The first-order valence-electron chi connectivity index (χ1n) is 18.7. The molecule has 278 valence electrons. The first kappa shape index (κ1) is 41.2. The van der Waals surface area contributed by atoms with Crippen molar-refractivity contribution in [1.29, 1.82) is 0 Å². The van der Waals surface area contributed by atoms with Crippen LogP contribution in [0.25, 0.3) is 24.3 Å². The number of aromatic nitrogens is 2. The lowest BCUT2D eigenvalue weighted by Crippen LogP contribution is -2.37. The minimum atomic E-state index is 1.01. The molecule has 0 fully saturated rings. The van der Waals surface area contributed by atoms with Crippen molar-refractivity contribution >= 4 is 57.3 Å². The molecule has 0 N–H and O–H groups in total. The molecular weight excluding hydrogens is 677 g/mol. The van der Waals surface area contributed by atoms with Gasteiger partial charge in [0, 0.05) is 75.7 Å². The van der Waals surface area contributed by atoms with Crippen LogP contribution >= 0.6 is 21.6 Å². The predicted octanol–water partition coefficient (Wildman–Crippen LogP) is 7.75. The Morgan fingerprint density at radius 1 is 0.481 bits per heavy atom. The van der Waals surface area contributed by atoms with E-state index in [9.17, 15) is 0 Å². The highest BCUT2D eigenvalue weighted by atomic mass is 33.1. The van der Waals surface area contributed by atoms with Crippen molar-refractivity contribution in [2.45, 2.75) is 25.9 Å². The van der Waals surface area contributed by atoms with Crippen LogP contribution in [0.1, 0.15) is 35.1 Å². The van der Waals surface area contributed by atoms with Crippen LogP contribution in [0.4, 0.5) is 11.4 Å². The molecule has 0 aliphatic heterocycles. The summed E-state index contributed by atoms with van der Waals surface area (Å²) in [6.07, 6.45) is 19.9. The van der Waals surface area contributed by atoms with Crippen LogP contribution in [0.15, 0.2) is 97.6 Å². The van der Waals surface area contributed by atoms with Gasteiger partial charge in [0.25, 0.3) is 0 Å². The molecule has 0 saturated heterocycles. The average Bonchev–Trinajstić information content (AvgIpc) is 3.11. The third-order valence-electron chi connectivity index (χ3n) is 9.03. The molecule has 4 rings (SSSR count). The summed E-state index contributed by atoms with van der Waals surface area (Å²) in [5.41, 5.74) is 7.43. The Morgan fingerprint density at radius 3 is 1.10 bits per heavy atom. The van der Waals surface area contributed by atoms with Crippen LogP contribution in [0.2, 0.25) is 0 Å². The SMILES string of the molecule is CN(CCC[N+](C)(C)C)c1ccc(C=Cc2cc[n+](CCSSCC[n+]3ccc(C=Cc4ccc(N(C)CCC[N+](C)(C)C)cc4)cc3)cc2)cc1. The molecule has 0 bridgehead atoms. The fourth-order valence-corrected chi connectivity index (χ4v) is 7.71. The van der Waals surface area contributed by atoms with E-state index in [1.54, 1.807) is 0 Å². The average molecular weight is 741 g/mol. The predicted molar refractivity (Wildman–Crippen MR) is 231 cm³/mol. The zero-order valence-corrected chi connectivity index (χ0v) is 34.8. The number of benzene rings is 2. The highest BCUT2D eigenvalue weighted by Crippen LogP contribution is 2.21. The lowest BCUT2D eigenvalue weighted by Gasteiger charge is -2.26. The van der Waals surface area contributed by atoms with Gasteiger partial charge in [-0.15, -0.1) is 0 Å². The van der Waals surface area contributed by atoms with Crippen LogP contribution in [0.3, 0.4) is 0 Å². The van der Waals surface area contributed by atoms with Crippen molar-refractivity contribution in [3.8, 4) is 0 Å². The summed E-state index contributed by atoms with van der Waals surface area (Å²) in [4.78, 5) is 4.70. The maximum absolute atomic E-state index is 2.35. The van der Waals surface area contributed by atoms with E-state index in [1.165, 1.54) is 59.6 Å². The molecule has 4 aromatic rings.